The van der Waals surface area contributed by atoms with Crippen molar-refractivity contribution in [2.45, 2.75) is 38.8 Å². The normalized spacial score (nSPS) is 15.0. The fourth-order valence-electron chi connectivity index (χ4n) is 4.13. The van der Waals surface area contributed by atoms with E-state index in [2.05, 4.69) is 10.4 Å². The topological polar surface area (TPSA) is 50.2 Å². The number of aromatic nitrogens is 2. The van der Waals surface area contributed by atoms with Gasteiger partial charge in [-0.2, -0.15) is 5.10 Å². The molecule has 166 valence electrons. The molecule has 1 aliphatic rings. The number of nitrogens with one attached hydrogen (secondary N) is 1. The predicted octanol–water partition coefficient (Wildman–Crippen LogP) is 5.36. The molecule has 2 heterocycles. The Hall–Kier alpha value is -2.76. The van der Waals surface area contributed by atoms with Crippen LogP contribution in [-0.2, 0) is 17.8 Å². The van der Waals surface area contributed by atoms with Gasteiger partial charge in [0.1, 0.15) is 5.82 Å². The summed E-state index contributed by atoms with van der Waals surface area (Å²) in [6, 6.07) is 17.6. The standard InChI is InChI=1S/C25H26Cl2N4O/c1-16-12-24-30(3)14-20(15-31(24)29-16)25(32)28-17(2)23(19-6-10-22(27)11-7-19)13-18-4-8-21(26)9-5-18/h4-12,14,17,23H,13,15H2,1-3H3,(H,28,32). The van der Waals surface area contributed by atoms with Gasteiger partial charge in [-0.1, -0.05) is 47.5 Å². The third-order valence-corrected chi connectivity index (χ3v) is 6.34. The third-order valence-electron chi connectivity index (χ3n) is 5.83. The van der Waals surface area contributed by atoms with E-state index in [9.17, 15) is 4.79 Å². The van der Waals surface area contributed by atoms with Crippen LogP contribution in [0.25, 0.3) is 0 Å². The zero-order valence-corrected chi connectivity index (χ0v) is 19.9. The second-order valence-corrected chi connectivity index (χ2v) is 9.19. The summed E-state index contributed by atoms with van der Waals surface area (Å²) in [5.74, 6) is 0.967. The first-order chi connectivity index (χ1) is 15.3. The van der Waals surface area contributed by atoms with Crippen molar-refractivity contribution in [2.24, 2.45) is 0 Å². The van der Waals surface area contributed by atoms with E-state index in [0.29, 0.717) is 22.2 Å². The van der Waals surface area contributed by atoms with Gasteiger partial charge in [-0.05, 0) is 55.7 Å². The molecule has 1 N–H and O–H groups in total. The maximum atomic E-state index is 13.2. The van der Waals surface area contributed by atoms with Crippen LogP contribution >= 0.6 is 23.2 Å². The zero-order chi connectivity index (χ0) is 22.8. The van der Waals surface area contributed by atoms with Crippen LogP contribution in [0.3, 0.4) is 0 Å². The number of hydrogen-bond acceptors (Lipinski definition) is 3. The first-order valence-electron chi connectivity index (χ1n) is 10.6. The van der Waals surface area contributed by atoms with E-state index in [4.69, 9.17) is 23.2 Å². The Bertz CT molecular complexity index is 1140. The van der Waals surface area contributed by atoms with Crippen LogP contribution in [0.2, 0.25) is 10.0 Å². The van der Waals surface area contributed by atoms with Crippen molar-refractivity contribution in [1.82, 2.24) is 15.1 Å². The Balaban J connectivity index is 1.53. The molecular weight excluding hydrogens is 443 g/mol. The first-order valence-corrected chi connectivity index (χ1v) is 11.3. The minimum absolute atomic E-state index is 0.0711. The molecule has 0 fully saturated rings. The predicted molar refractivity (Wildman–Crippen MR) is 130 cm³/mol. The van der Waals surface area contributed by atoms with Crippen LogP contribution in [0.1, 0.15) is 29.7 Å². The lowest BCUT2D eigenvalue weighted by Gasteiger charge is -2.28. The summed E-state index contributed by atoms with van der Waals surface area (Å²) in [6.45, 7) is 4.45. The average Bonchev–Trinajstić information content (AvgIpc) is 3.15. The van der Waals surface area contributed by atoms with Crippen molar-refractivity contribution >= 4 is 34.9 Å². The maximum Gasteiger partial charge on any atom is 0.250 e. The Kier molecular flexibility index (Phi) is 6.58. The fourth-order valence-corrected chi connectivity index (χ4v) is 4.38. The fraction of sp³-hybridized carbons (Fsp3) is 0.280. The Labute approximate surface area is 198 Å². The van der Waals surface area contributed by atoms with Crippen molar-refractivity contribution in [3.8, 4) is 0 Å². The van der Waals surface area contributed by atoms with E-state index in [-0.39, 0.29) is 17.9 Å². The highest BCUT2D eigenvalue weighted by atomic mass is 35.5. The molecule has 2 aromatic carbocycles. The number of carbonyl (C=O) groups is 1. The quantitative estimate of drug-likeness (QED) is 0.529. The number of nitrogens with zero attached hydrogens (tertiary/aromatic N) is 3. The second kappa shape index (κ2) is 9.39. The highest BCUT2D eigenvalue weighted by Crippen LogP contribution is 2.28. The largest absolute Gasteiger partial charge is 0.349 e. The van der Waals surface area contributed by atoms with Gasteiger partial charge in [0.05, 0.1) is 17.8 Å². The Morgan fingerprint density at radius 2 is 1.72 bits per heavy atom. The molecule has 2 unspecified atom stereocenters. The lowest BCUT2D eigenvalue weighted by molar-refractivity contribution is -0.118. The van der Waals surface area contributed by atoms with Crippen LogP contribution in [0.15, 0.2) is 66.4 Å². The van der Waals surface area contributed by atoms with Gasteiger partial charge < -0.3 is 10.2 Å². The number of fused-ring (bicyclic) bond motifs is 1. The second-order valence-electron chi connectivity index (χ2n) is 8.32. The molecule has 3 aromatic rings. The lowest BCUT2D eigenvalue weighted by Crippen LogP contribution is -2.40. The molecular formula is C25H26Cl2N4O. The monoisotopic (exact) mass is 468 g/mol. The average molecular weight is 469 g/mol. The SMILES string of the molecule is Cc1cc2n(n1)CC(C(=O)NC(C)C(Cc1ccc(Cl)cc1)c1ccc(Cl)cc1)=CN2C. The van der Waals surface area contributed by atoms with Crippen molar-refractivity contribution < 1.29 is 4.79 Å². The van der Waals surface area contributed by atoms with Crippen molar-refractivity contribution in [2.75, 3.05) is 11.9 Å². The number of hydrogen-bond donors (Lipinski definition) is 1. The van der Waals surface area contributed by atoms with Crippen molar-refractivity contribution in [3.63, 3.8) is 0 Å². The molecule has 1 amide bonds. The summed E-state index contributed by atoms with van der Waals surface area (Å²) >= 11 is 12.2. The highest BCUT2D eigenvalue weighted by molar-refractivity contribution is 6.30. The van der Waals surface area contributed by atoms with Crippen molar-refractivity contribution in [3.05, 3.63) is 93.2 Å². The molecule has 0 saturated heterocycles. The molecule has 0 saturated carbocycles. The number of benzene rings is 2. The minimum Gasteiger partial charge on any atom is -0.349 e. The van der Waals surface area contributed by atoms with Crippen LogP contribution in [0, 0.1) is 6.92 Å². The zero-order valence-electron chi connectivity index (χ0n) is 18.3. The van der Waals surface area contributed by atoms with Gasteiger partial charge in [-0.15, -0.1) is 0 Å². The van der Waals surface area contributed by atoms with Gasteiger partial charge in [0.15, 0.2) is 0 Å². The molecule has 0 bridgehead atoms. The summed E-state index contributed by atoms with van der Waals surface area (Å²) in [5.41, 5.74) is 3.89. The number of anilines is 1. The van der Waals surface area contributed by atoms with Crippen LogP contribution in [0.5, 0.6) is 0 Å². The van der Waals surface area contributed by atoms with Gasteiger partial charge in [-0.3, -0.25) is 4.79 Å². The minimum atomic E-state index is -0.105. The number of rotatable bonds is 6. The smallest absolute Gasteiger partial charge is 0.250 e. The van der Waals surface area contributed by atoms with Crippen LogP contribution in [-0.4, -0.2) is 28.8 Å². The van der Waals surface area contributed by atoms with E-state index in [0.717, 1.165) is 29.1 Å². The molecule has 5 nitrogen and oxygen atoms in total. The van der Waals surface area contributed by atoms with E-state index in [1.807, 2.05) is 91.3 Å². The first kappa shape index (κ1) is 22.4. The van der Waals surface area contributed by atoms with E-state index in [1.165, 1.54) is 0 Å². The highest BCUT2D eigenvalue weighted by Gasteiger charge is 2.26. The number of halogens is 2. The van der Waals surface area contributed by atoms with Gasteiger partial charge in [0, 0.05) is 41.3 Å². The van der Waals surface area contributed by atoms with Crippen molar-refractivity contribution in [1.29, 1.82) is 0 Å². The molecule has 1 aromatic heterocycles. The lowest BCUT2D eigenvalue weighted by atomic mass is 9.86. The summed E-state index contributed by atoms with van der Waals surface area (Å²) < 4.78 is 1.86. The number of carbonyl (C=O) groups excluding carboxylic acids is 1. The molecule has 1 aliphatic heterocycles. The maximum absolute atomic E-state index is 13.2. The molecule has 4 rings (SSSR count). The molecule has 0 radical (unpaired) electrons. The van der Waals surface area contributed by atoms with Gasteiger partial charge in [0.25, 0.3) is 5.91 Å². The Morgan fingerprint density at radius 1 is 1.09 bits per heavy atom. The van der Waals surface area contributed by atoms with Crippen LogP contribution in [0.4, 0.5) is 5.82 Å². The summed E-state index contributed by atoms with van der Waals surface area (Å²) in [5, 5.41) is 9.12. The summed E-state index contributed by atoms with van der Waals surface area (Å²) in [4.78, 5) is 15.1. The molecule has 32 heavy (non-hydrogen) atoms. The molecule has 0 spiro atoms. The summed E-state index contributed by atoms with van der Waals surface area (Å²) in [6.07, 6.45) is 2.65. The molecule has 7 heteroatoms. The van der Waals surface area contributed by atoms with E-state index in [1.54, 1.807) is 0 Å². The summed E-state index contributed by atoms with van der Waals surface area (Å²) in [7, 11) is 1.93. The van der Waals surface area contributed by atoms with Gasteiger partial charge >= 0.3 is 0 Å². The van der Waals surface area contributed by atoms with E-state index >= 15 is 0 Å². The molecule has 2 atom stereocenters. The van der Waals surface area contributed by atoms with E-state index < -0.39 is 0 Å². The molecule has 0 aliphatic carbocycles. The van der Waals surface area contributed by atoms with Gasteiger partial charge in [0.2, 0.25) is 0 Å². The Morgan fingerprint density at radius 3 is 2.38 bits per heavy atom. The number of aryl methyl sites for hydroxylation is 1. The van der Waals surface area contributed by atoms with Crippen LogP contribution < -0.4 is 10.2 Å². The van der Waals surface area contributed by atoms with Gasteiger partial charge in [-0.25, -0.2) is 4.68 Å². The number of amides is 1. The third kappa shape index (κ3) is 5.00.